The van der Waals surface area contributed by atoms with Crippen molar-refractivity contribution in [2.45, 2.75) is 25.1 Å². The number of halogens is 3. The Morgan fingerprint density at radius 2 is 2.08 bits per heavy atom. The fourth-order valence-electron chi connectivity index (χ4n) is 1.20. The molecule has 0 spiro atoms. The second-order valence-corrected chi connectivity index (χ2v) is 3.00. The monoisotopic (exact) mass is 182 g/mol. The van der Waals surface area contributed by atoms with E-state index in [0.29, 0.717) is 13.1 Å². The lowest BCUT2D eigenvalue weighted by atomic mass is 10.0. The molecule has 2 N–H and O–H groups in total. The van der Waals surface area contributed by atoms with Gasteiger partial charge in [0, 0.05) is 19.6 Å². The zero-order valence-corrected chi connectivity index (χ0v) is 6.91. The van der Waals surface area contributed by atoms with Crippen LogP contribution in [0.1, 0.15) is 6.92 Å². The van der Waals surface area contributed by atoms with Gasteiger partial charge in [-0.2, -0.15) is 0 Å². The Morgan fingerprint density at radius 3 is 2.50 bits per heavy atom. The molecule has 2 unspecified atom stereocenters. The zero-order chi connectivity index (χ0) is 9.19. The smallest absolute Gasteiger partial charge is 0.294 e. The third-order valence-electron chi connectivity index (χ3n) is 2.04. The van der Waals surface area contributed by atoms with Crippen LogP contribution in [0.4, 0.5) is 13.2 Å². The van der Waals surface area contributed by atoms with E-state index in [-0.39, 0.29) is 6.54 Å². The first-order valence-corrected chi connectivity index (χ1v) is 4.01. The van der Waals surface area contributed by atoms with Crippen LogP contribution in [0.15, 0.2) is 0 Å². The second-order valence-electron chi connectivity index (χ2n) is 3.00. The molecule has 0 aromatic carbocycles. The minimum Gasteiger partial charge on any atom is -0.314 e. The molecule has 72 valence electrons. The average Bonchev–Trinajstić information content (AvgIpc) is 2.06. The van der Waals surface area contributed by atoms with E-state index in [9.17, 15) is 13.2 Å². The molecule has 1 rings (SSSR count). The van der Waals surface area contributed by atoms with Crippen molar-refractivity contribution in [3.8, 4) is 0 Å². The van der Waals surface area contributed by atoms with Crippen molar-refractivity contribution in [3.05, 3.63) is 0 Å². The topological polar surface area (TPSA) is 24.1 Å². The fraction of sp³-hybridized carbons (Fsp3) is 1.00. The Hall–Kier alpha value is -0.290. The van der Waals surface area contributed by atoms with Gasteiger partial charge in [-0.15, -0.1) is 0 Å². The summed E-state index contributed by atoms with van der Waals surface area (Å²) >= 11 is 0. The van der Waals surface area contributed by atoms with E-state index >= 15 is 0 Å². The summed E-state index contributed by atoms with van der Waals surface area (Å²) in [7, 11) is 0. The van der Waals surface area contributed by atoms with Crippen LogP contribution in [0.5, 0.6) is 0 Å². The van der Waals surface area contributed by atoms with Crippen molar-refractivity contribution >= 4 is 0 Å². The van der Waals surface area contributed by atoms with Crippen LogP contribution in [-0.4, -0.2) is 37.8 Å². The Labute approximate surface area is 69.5 Å². The van der Waals surface area contributed by atoms with Crippen LogP contribution in [0.25, 0.3) is 0 Å². The fourth-order valence-corrected chi connectivity index (χ4v) is 1.20. The van der Waals surface area contributed by atoms with Gasteiger partial charge >= 0.3 is 0 Å². The summed E-state index contributed by atoms with van der Waals surface area (Å²) in [4.78, 5) is 0. The number of hydrogen-bond acceptors (Lipinski definition) is 2. The van der Waals surface area contributed by atoms with Gasteiger partial charge in [0.15, 0.2) is 6.17 Å². The van der Waals surface area contributed by atoms with Crippen molar-refractivity contribution in [2.24, 2.45) is 0 Å². The molecule has 1 aliphatic rings. The molecule has 0 radical (unpaired) electrons. The van der Waals surface area contributed by atoms with Gasteiger partial charge in [0.2, 0.25) is 0 Å². The molecule has 0 bridgehead atoms. The molecule has 1 aliphatic heterocycles. The highest BCUT2D eigenvalue weighted by Crippen LogP contribution is 2.25. The van der Waals surface area contributed by atoms with Gasteiger partial charge in [0.25, 0.3) is 5.92 Å². The Balaban J connectivity index is 2.53. The van der Waals surface area contributed by atoms with Crippen LogP contribution >= 0.6 is 0 Å². The molecule has 0 aliphatic carbocycles. The molecular formula is C7H13F3N2. The van der Waals surface area contributed by atoms with Crippen LogP contribution < -0.4 is 10.6 Å². The molecule has 1 heterocycles. The van der Waals surface area contributed by atoms with Gasteiger partial charge in [0.1, 0.15) is 0 Å². The summed E-state index contributed by atoms with van der Waals surface area (Å²) in [6.07, 6.45) is -2.10. The highest BCUT2D eigenvalue weighted by molar-refractivity contribution is 4.91. The van der Waals surface area contributed by atoms with E-state index < -0.39 is 18.1 Å². The van der Waals surface area contributed by atoms with Crippen LogP contribution in [0.3, 0.4) is 0 Å². The van der Waals surface area contributed by atoms with E-state index in [4.69, 9.17) is 0 Å². The molecule has 0 aromatic rings. The molecule has 1 fully saturated rings. The normalized spacial score (nSPS) is 28.5. The molecule has 0 amide bonds. The third-order valence-corrected chi connectivity index (χ3v) is 2.04. The van der Waals surface area contributed by atoms with Crippen molar-refractivity contribution in [1.29, 1.82) is 0 Å². The second kappa shape index (κ2) is 3.62. The van der Waals surface area contributed by atoms with Gasteiger partial charge in [-0.25, -0.2) is 13.2 Å². The van der Waals surface area contributed by atoms with E-state index in [1.807, 2.05) is 0 Å². The summed E-state index contributed by atoms with van der Waals surface area (Å²) in [6, 6.07) is -1.08. The predicted octanol–water partition coefficient (Wildman–Crippen LogP) is 0.541. The largest absolute Gasteiger partial charge is 0.314 e. The number of alkyl halides is 3. The van der Waals surface area contributed by atoms with E-state index in [1.165, 1.54) is 0 Å². The molecule has 1 saturated heterocycles. The predicted molar refractivity (Wildman–Crippen MR) is 40.2 cm³/mol. The minimum absolute atomic E-state index is 0.126. The van der Waals surface area contributed by atoms with Gasteiger partial charge in [-0.05, 0) is 6.92 Å². The van der Waals surface area contributed by atoms with Crippen molar-refractivity contribution in [3.63, 3.8) is 0 Å². The summed E-state index contributed by atoms with van der Waals surface area (Å²) in [6.45, 7) is 2.14. The Kier molecular flexibility index (Phi) is 2.95. The van der Waals surface area contributed by atoms with Crippen LogP contribution in [0, 0.1) is 0 Å². The lowest BCUT2D eigenvalue weighted by Crippen LogP contribution is -2.59. The van der Waals surface area contributed by atoms with Gasteiger partial charge in [-0.3, -0.25) is 0 Å². The number of nitrogens with one attached hydrogen (secondary N) is 2. The maximum Gasteiger partial charge on any atom is 0.294 e. The number of hydrogen-bond donors (Lipinski definition) is 2. The lowest BCUT2D eigenvalue weighted by Gasteiger charge is -2.32. The highest BCUT2D eigenvalue weighted by atomic mass is 19.3. The van der Waals surface area contributed by atoms with Gasteiger partial charge in [-0.1, -0.05) is 0 Å². The quantitative estimate of drug-likeness (QED) is 0.651. The van der Waals surface area contributed by atoms with Crippen LogP contribution in [0.2, 0.25) is 0 Å². The summed E-state index contributed by atoms with van der Waals surface area (Å²) in [5.41, 5.74) is 0. The molecule has 2 atom stereocenters. The van der Waals surface area contributed by atoms with Gasteiger partial charge < -0.3 is 10.6 Å². The first-order chi connectivity index (χ1) is 5.55. The van der Waals surface area contributed by atoms with Gasteiger partial charge in [0.05, 0.1) is 6.04 Å². The molecule has 5 heteroatoms. The van der Waals surface area contributed by atoms with Crippen molar-refractivity contribution in [2.75, 3.05) is 19.6 Å². The molecule has 0 saturated carbocycles. The van der Waals surface area contributed by atoms with Crippen LogP contribution in [-0.2, 0) is 0 Å². The zero-order valence-electron chi connectivity index (χ0n) is 6.91. The first kappa shape index (κ1) is 9.80. The van der Waals surface area contributed by atoms with E-state index in [0.717, 1.165) is 6.92 Å². The average molecular weight is 182 g/mol. The molecule has 0 aromatic heterocycles. The standard InChI is InChI=1S/C7H13F3N2/c1-5(8)7(9,10)6-4-11-2-3-12-6/h5-6,11-12H,2-4H2,1H3. The van der Waals surface area contributed by atoms with E-state index in [1.54, 1.807) is 0 Å². The third kappa shape index (κ3) is 1.90. The lowest BCUT2D eigenvalue weighted by molar-refractivity contribution is -0.0959. The maximum atomic E-state index is 13.0. The van der Waals surface area contributed by atoms with E-state index in [2.05, 4.69) is 10.6 Å². The minimum atomic E-state index is -3.27. The van der Waals surface area contributed by atoms with Crippen molar-refractivity contribution in [1.82, 2.24) is 10.6 Å². The summed E-state index contributed by atoms with van der Waals surface area (Å²) in [5, 5.41) is 5.37. The number of rotatable bonds is 2. The molecule has 12 heavy (non-hydrogen) atoms. The van der Waals surface area contributed by atoms with Crippen molar-refractivity contribution < 1.29 is 13.2 Å². The molecular weight excluding hydrogens is 169 g/mol. The summed E-state index contributed by atoms with van der Waals surface area (Å²) < 4.78 is 38.4. The highest BCUT2D eigenvalue weighted by Gasteiger charge is 2.45. The number of piperazine rings is 1. The Morgan fingerprint density at radius 1 is 1.42 bits per heavy atom. The first-order valence-electron chi connectivity index (χ1n) is 4.01. The molecule has 2 nitrogen and oxygen atoms in total. The summed E-state index contributed by atoms with van der Waals surface area (Å²) in [5.74, 6) is -3.27. The maximum absolute atomic E-state index is 13.0. The Bertz CT molecular complexity index is 144. The SMILES string of the molecule is CC(F)C(F)(F)C1CNCCN1.